The van der Waals surface area contributed by atoms with Crippen LogP contribution in [0.25, 0.3) is 0 Å². The van der Waals surface area contributed by atoms with Crippen LogP contribution in [0.3, 0.4) is 0 Å². The second-order valence-electron chi connectivity index (χ2n) is 1.84. The molecule has 7 heteroatoms. The van der Waals surface area contributed by atoms with Crippen molar-refractivity contribution < 1.29 is 29.7 Å². The quantitative estimate of drug-likeness (QED) is 0.356. The van der Waals surface area contributed by atoms with Gasteiger partial charge in [-0.3, -0.25) is 4.79 Å². The number of aliphatic hydroxyl groups is 1. The Morgan fingerprint density at radius 2 is 1.58 bits per heavy atom. The fraction of sp³-hybridized carbons (Fsp3) is 0.400. The number of carbonyl (C=O) groups is 3. The van der Waals surface area contributed by atoms with Gasteiger partial charge in [0.15, 0.2) is 0 Å². The van der Waals surface area contributed by atoms with Gasteiger partial charge in [-0.2, -0.15) is 0 Å². The number of carboxylic acids is 2. The van der Waals surface area contributed by atoms with E-state index in [1.54, 1.807) is 5.32 Å². The van der Waals surface area contributed by atoms with Crippen LogP contribution >= 0.6 is 0 Å². The van der Waals surface area contributed by atoms with Crippen molar-refractivity contribution in [3.8, 4) is 0 Å². The first-order chi connectivity index (χ1) is 5.49. The highest BCUT2D eigenvalue weighted by atomic mass is 16.4. The third-order valence-electron chi connectivity index (χ3n) is 0.943. The van der Waals surface area contributed by atoms with E-state index in [2.05, 4.69) is 0 Å². The Labute approximate surface area is 66.6 Å². The molecule has 0 radical (unpaired) electrons. The van der Waals surface area contributed by atoms with Gasteiger partial charge in [-0.05, 0) is 0 Å². The molecule has 0 bridgehead atoms. The number of aliphatic hydroxyl groups excluding tert-OH is 1. The van der Waals surface area contributed by atoms with Crippen molar-refractivity contribution in [2.75, 3.05) is 6.61 Å². The Balaban J connectivity index is 4.24. The molecule has 0 rings (SSSR count). The smallest absolute Gasteiger partial charge is 0.338 e. The first kappa shape index (κ1) is 10.4. The van der Waals surface area contributed by atoms with Crippen molar-refractivity contribution in [2.24, 2.45) is 0 Å². The molecule has 0 aromatic heterocycles. The number of aliphatic carboxylic acids is 2. The number of rotatable bonds is 4. The molecule has 0 aliphatic carbocycles. The van der Waals surface area contributed by atoms with Gasteiger partial charge >= 0.3 is 11.9 Å². The second-order valence-corrected chi connectivity index (χ2v) is 1.84. The summed E-state index contributed by atoms with van der Waals surface area (Å²) in [5.41, 5.74) is 0. The lowest BCUT2D eigenvalue weighted by Gasteiger charge is -2.07. The van der Waals surface area contributed by atoms with E-state index in [1.807, 2.05) is 0 Å². The molecule has 0 unspecified atom stereocenters. The van der Waals surface area contributed by atoms with Crippen molar-refractivity contribution in [1.82, 2.24) is 5.32 Å². The van der Waals surface area contributed by atoms with Crippen LogP contribution in [-0.4, -0.2) is 45.8 Å². The monoisotopic (exact) mass is 177 g/mol. The lowest BCUT2D eigenvalue weighted by atomic mass is 10.3. The highest BCUT2D eigenvalue weighted by Gasteiger charge is 2.26. The predicted molar refractivity (Wildman–Crippen MR) is 34.3 cm³/mol. The third-order valence-corrected chi connectivity index (χ3v) is 0.943. The summed E-state index contributed by atoms with van der Waals surface area (Å²) in [4.78, 5) is 30.6. The van der Waals surface area contributed by atoms with Gasteiger partial charge in [0.05, 0.1) is 0 Å². The fourth-order valence-corrected chi connectivity index (χ4v) is 0.436. The van der Waals surface area contributed by atoms with Crippen LogP contribution in [0, 0.1) is 0 Å². The maximum atomic E-state index is 10.3. The van der Waals surface area contributed by atoms with E-state index in [4.69, 9.17) is 15.3 Å². The maximum Gasteiger partial charge on any atom is 0.338 e. The molecule has 7 nitrogen and oxygen atoms in total. The van der Waals surface area contributed by atoms with Crippen molar-refractivity contribution in [3.05, 3.63) is 0 Å². The van der Waals surface area contributed by atoms with Crippen LogP contribution in [0.5, 0.6) is 0 Å². The molecule has 0 aliphatic heterocycles. The van der Waals surface area contributed by atoms with E-state index >= 15 is 0 Å². The number of hydrogen-bond donors (Lipinski definition) is 4. The summed E-state index contributed by atoms with van der Waals surface area (Å²) in [6.07, 6.45) is 0. The number of hydrogen-bond acceptors (Lipinski definition) is 4. The van der Waals surface area contributed by atoms with E-state index in [0.717, 1.165) is 0 Å². The molecule has 12 heavy (non-hydrogen) atoms. The van der Waals surface area contributed by atoms with Gasteiger partial charge in [0, 0.05) is 0 Å². The lowest BCUT2D eigenvalue weighted by molar-refractivity contribution is -0.153. The van der Waals surface area contributed by atoms with E-state index in [0.29, 0.717) is 0 Å². The maximum absolute atomic E-state index is 10.3. The number of carbonyl (C=O) groups excluding carboxylic acids is 1. The van der Waals surface area contributed by atoms with Gasteiger partial charge in [-0.25, -0.2) is 9.59 Å². The van der Waals surface area contributed by atoms with Crippen LogP contribution in [0.2, 0.25) is 0 Å². The second kappa shape index (κ2) is 4.29. The number of nitrogens with one attached hydrogen (secondary N) is 1. The van der Waals surface area contributed by atoms with Crippen LogP contribution in [0.15, 0.2) is 0 Å². The molecule has 0 spiro atoms. The molecule has 0 fully saturated rings. The zero-order valence-corrected chi connectivity index (χ0v) is 5.85. The highest BCUT2D eigenvalue weighted by Crippen LogP contribution is 1.83. The van der Waals surface area contributed by atoms with E-state index < -0.39 is 30.5 Å². The zero-order valence-electron chi connectivity index (χ0n) is 5.85. The molecule has 0 aromatic rings. The standard InChI is InChI=1S/C5H7NO6/c7-1-2(8)6-3(4(9)10)5(11)12/h3,7H,1H2,(H,6,8)(H,9,10)(H,11,12). The minimum absolute atomic E-state index is 0.947. The number of amides is 1. The topological polar surface area (TPSA) is 124 Å². The van der Waals surface area contributed by atoms with Crippen molar-refractivity contribution in [2.45, 2.75) is 6.04 Å². The average molecular weight is 177 g/mol. The molecule has 0 saturated carbocycles. The molecule has 0 atom stereocenters. The largest absolute Gasteiger partial charge is 0.479 e. The van der Waals surface area contributed by atoms with Crippen LogP contribution < -0.4 is 5.32 Å². The van der Waals surface area contributed by atoms with Crippen molar-refractivity contribution >= 4 is 17.8 Å². The Hall–Kier alpha value is -1.63. The summed E-state index contributed by atoms with van der Waals surface area (Å²) in [7, 11) is 0. The number of carboxylic acid groups (broad SMARTS) is 2. The molecule has 0 saturated heterocycles. The first-order valence-corrected chi connectivity index (χ1v) is 2.85. The minimum atomic E-state index is -2.01. The van der Waals surface area contributed by atoms with Crippen molar-refractivity contribution in [1.29, 1.82) is 0 Å². The molecule has 1 amide bonds. The van der Waals surface area contributed by atoms with Crippen molar-refractivity contribution in [3.63, 3.8) is 0 Å². The van der Waals surface area contributed by atoms with E-state index in [9.17, 15) is 14.4 Å². The van der Waals surface area contributed by atoms with Crippen LogP contribution in [-0.2, 0) is 14.4 Å². The Morgan fingerprint density at radius 3 is 1.83 bits per heavy atom. The Kier molecular flexibility index (Phi) is 3.71. The first-order valence-electron chi connectivity index (χ1n) is 2.85. The molecular weight excluding hydrogens is 170 g/mol. The van der Waals surface area contributed by atoms with Gasteiger partial charge in [-0.1, -0.05) is 0 Å². The highest BCUT2D eigenvalue weighted by molar-refractivity contribution is 6.00. The molecular formula is C5H7NO6. The summed E-state index contributed by atoms with van der Waals surface area (Å²) < 4.78 is 0. The zero-order chi connectivity index (χ0) is 9.72. The van der Waals surface area contributed by atoms with Gasteiger partial charge < -0.3 is 20.6 Å². The van der Waals surface area contributed by atoms with E-state index in [-0.39, 0.29) is 0 Å². The summed E-state index contributed by atoms with van der Waals surface area (Å²) in [5.74, 6) is -4.43. The molecule has 4 N–H and O–H groups in total. The summed E-state index contributed by atoms with van der Waals surface area (Å²) in [6.45, 7) is -0.947. The SMILES string of the molecule is O=C(CO)NC(C(=O)O)C(=O)O. The summed E-state index contributed by atoms with van der Waals surface area (Å²) in [6, 6.07) is -2.01. The van der Waals surface area contributed by atoms with Gasteiger partial charge in [0.2, 0.25) is 11.9 Å². The Morgan fingerprint density at radius 1 is 1.17 bits per heavy atom. The average Bonchev–Trinajstić information content (AvgIpc) is 1.98. The Bertz CT molecular complexity index is 198. The molecule has 0 heterocycles. The fourth-order valence-electron chi connectivity index (χ4n) is 0.436. The van der Waals surface area contributed by atoms with Crippen LogP contribution in [0.1, 0.15) is 0 Å². The van der Waals surface area contributed by atoms with Gasteiger partial charge in [0.1, 0.15) is 6.61 Å². The minimum Gasteiger partial charge on any atom is -0.479 e. The summed E-state index contributed by atoms with van der Waals surface area (Å²) in [5, 5.41) is 26.1. The normalized spacial score (nSPS) is 9.50. The molecule has 0 aliphatic rings. The molecule has 0 aromatic carbocycles. The van der Waals surface area contributed by atoms with E-state index in [1.165, 1.54) is 0 Å². The van der Waals surface area contributed by atoms with Crippen LogP contribution in [0.4, 0.5) is 0 Å². The van der Waals surface area contributed by atoms with Gasteiger partial charge in [-0.15, -0.1) is 0 Å². The lowest BCUT2D eigenvalue weighted by Crippen LogP contribution is -2.47. The molecule has 68 valence electrons. The third kappa shape index (κ3) is 2.97. The summed E-state index contributed by atoms with van der Waals surface area (Å²) >= 11 is 0. The van der Waals surface area contributed by atoms with Gasteiger partial charge in [0.25, 0.3) is 0 Å². The predicted octanol–water partition coefficient (Wildman–Crippen LogP) is -2.37.